The summed E-state index contributed by atoms with van der Waals surface area (Å²) in [6.07, 6.45) is 7.39. The number of hydrogen-bond acceptors (Lipinski definition) is 3. The van der Waals surface area contributed by atoms with Crippen LogP contribution in [0.1, 0.15) is 32.7 Å². The van der Waals surface area contributed by atoms with Crippen molar-refractivity contribution in [1.29, 1.82) is 0 Å². The van der Waals surface area contributed by atoms with E-state index in [0.717, 1.165) is 18.5 Å². The zero-order chi connectivity index (χ0) is 12.7. The van der Waals surface area contributed by atoms with Crippen LogP contribution in [0.2, 0.25) is 0 Å². The molecule has 6 heteroatoms. The molecule has 0 spiro atoms. The third-order valence-electron chi connectivity index (χ3n) is 3.26. The Morgan fingerprint density at radius 1 is 1.44 bits per heavy atom. The van der Waals surface area contributed by atoms with Crippen LogP contribution in [0.15, 0.2) is 23.5 Å². The molecule has 0 aromatic carbocycles. The number of rotatable bonds is 3. The van der Waals surface area contributed by atoms with Crippen molar-refractivity contribution in [2.24, 2.45) is 0 Å². The van der Waals surface area contributed by atoms with Gasteiger partial charge >= 0.3 is 0 Å². The molecule has 0 amide bonds. The molecule has 3 heterocycles. The van der Waals surface area contributed by atoms with Crippen LogP contribution in [-0.2, 0) is 0 Å². The van der Waals surface area contributed by atoms with Gasteiger partial charge in [-0.1, -0.05) is 13.3 Å². The van der Waals surface area contributed by atoms with Crippen LogP contribution in [0.4, 0.5) is 0 Å². The summed E-state index contributed by atoms with van der Waals surface area (Å²) in [7, 11) is 0. The van der Waals surface area contributed by atoms with Crippen molar-refractivity contribution in [3.05, 3.63) is 29.1 Å². The second-order valence-electron chi connectivity index (χ2n) is 4.54. The number of imidazole rings is 2. The quantitative estimate of drug-likeness (QED) is 0.764. The molecule has 0 bridgehead atoms. The minimum atomic E-state index is -0.189. The predicted molar refractivity (Wildman–Crippen MR) is 68.7 cm³/mol. The summed E-state index contributed by atoms with van der Waals surface area (Å²) >= 11 is 0. The number of hydrogen-bond donors (Lipinski definition) is 1. The average molecular weight is 245 g/mol. The van der Waals surface area contributed by atoms with Crippen LogP contribution in [0, 0.1) is 0 Å². The molecule has 3 aromatic heterocycles. The van der Waals surface area contributed by atoms with E-state index in [2.05, 4.69) is 28.8 Å². The van der Waals surface area contributed by atoms with Gasteiger partial charge in [-0.05, 0) is 13.3 Å². The average Bonchev–Trinajstić information content (AvgIpc) is 2.93. The molecule has 94 valence electrons. The van der Waals surface area contributed by atoms with E-state index in [1.54, 1.807) is 12.5 Å². The summed E-state index contributed by atoms with van der Waals surface area (Å²) in [6, 6.07) is 0.312. The minimum absolute atomic E-state index is 0.189. The third-order valence-corrected chi connectivity index (χ3v) is 3.26. The first-order valence-corrected chi connectivity index (χ1v) is 6.14. The standard InChI is InChI=1S/C12H15N5O/c1-3-4-8(2)17-7-14-9-10(18)15-12-13-5-6-16(12)11(9)17/h5-8H,3-4H2,1-2H3,(H,13,15,18). The zero-order valence-electron chi connectivity index (χ0n) is 10.4. The first kappa shape index (κ1) is 11.0. The van der Waals surface area contributed by atoms with E-state index in [9.17, 15) is 4.79 Å². The van der Waals surface area contributed by atoms with Gasteiger partial charge in [0.15, 0.2) is 11.2 Å². The van der Waals surface area contributed by atoms with Crippen LogP contribution in [0.5, 0.6) is 0 Å². The molecule has 1 N–H and O–H groups in total. The van der Waals surface area contributed by atoms with E-state index in [0.29, 0.717) is 17.3 Å². The van der Waals surface area contributed by atoms with E-state index in [4.69, 9.17) is 0 Å². The fourth-order valence-corrected chi connectivity index (χ4v) is 2.36. The second-order valence-corrected chi connectivity index (χ2v) is 4.54. The number of aromatic nitrogens is 5. The number of H-pyrrole nitrogens is 1. The second kappa shape index (κ2) is 3.97. The highest BCUT2D eigenvalue weighted by molar-refractivity contribution is 5.72. The summed E-state index contributed by atoms with van der Waals surface area (Å²) in [5.74, 6) is 0.554. The molecule has 0 fully saturated rings. The van der Waals surface area contributed by atoms with Gasteiger partial charge in [0.1, 0.15) is 0 Å². The molecule has 3 rings (SSSR count). The Bertz CT molecular complexity index is 751. The fraction of sp³-hybridized carbons (Fsp3) is 0.417. The Morgan fingerprint density at radius 3 is 3.06 bits per heavy atom. The maximum Gasteiger partial charge on any atom is 0.280 e. The molecule has 3 aromatic rings. The molecule has 0 saturated carbocycles. The lowest BCUT2D eigenvalue weighted by Crippen LogP contribution is -2.12. The first-order chi connectivity index (χ1) is 8.72. The van der Waals surface area contributed by atoms with Gasteiger partial charge in [0.2, 0.25) is 5.78 Å². The van der Waals surface area contributed by atoms with E-state index in [1.807, 2.05) is 15.2 Å². The van der Waals surface area contributed by atoms with Crippen molar-refractivity contribution < 1.29 is 0 Å². The highest BCUT2D eigenvalue weighted by atomic mass is 16.1. The Morgan fingerprint density at radius 2 is 2.28 bits per heavy atom. The summed E-state index contributed by atoms with van der Waals surface area (Å²) < 4.78 is 3.92. The monoisotopic (exact) mass is 245 g/mol. The van der Waals surface area contributed by atoms with E-state index >= 15 is 0 Å². The molecular formula is C12H15N5O. The maximum absolute atomic E-state index is 11.9. The van der Waals surface area contributed by atoms with Gasteiger partial charge in [-0.25, -0.2) is 9.97 Å². The van der Waals surface area contributed by atoms with Crippen molar-refractivity contribution in [3.63, 3.8) is 0 Å². The normalized spacial score (nSPS) is 13.4. The molecule has 0 saturated heterocycles. The van der Waals surface area contributed by atoms with Gasteiger partial charge in [-0.3, -0.25) is 14.2 Å². The molecular weight excluding hydrogens is 230 g/mol. The molecule has 0 radical (unpaired) electrons. The highest BCUT2D eigenvalue weighted by Crippen LogP contribution is 2.19. The number of nitrogens with one attached hydrogen (secondary N) is 1. The van der Waals surface area contributed by atoms with Crippen molar-refractivity contribution in [3.8, 4) is 0 Å². The maximum atomic E-state index is 11.9. The molecule has 6 nitrogen and oxygen atoms in total. The van der Waals surface area contributed by atoms with E-state index < -0.39 is 0 Å². The predicted octanol–water partition coefficient (Wildman–Crippen LogP) is 1.73. The van der Waals surface area contributed by atoms with Crippen LogP contribution < -0.4 is 5.56 Å². The van der Waals surface area contributed by atoms with E-state index in [-0.39, 0.29) is 5.56 Å². The zero-order valence-corrected chi connectivity index (χ0v) is 10.4. The molecule has 0 aliphatic heterocycles. The number of nitrogens with zero attached hydrogens (tertiary/aromatic N) is 4. The Balaban J connectivity index is 2.37. The van der Waals surface area contributed by atoms with Gasteiger partial charge in [0.25, 0.3) is 5.56 Å². The number of aromatic amines is 1. The van der Waals surface area contributed by atoms with Crippen molar-refractivity contribution in [2.75, 3.05) is 0 Å². The molecule has 1 unspecified atom stereocenters. The fourth-order valence-electron chi connectivity index (χ4n) is 2.36. The summed E-state index contributed by atoms with van der Waals surface area (Å²) in [5.41, 5.74) is 1.09. The Kier molecular flexibility index (Phi) is 2.43. The molecule has 0 aliphatic rings. The molecule has 1 atom stereocenters. The summed E-state index contributed by atoms with van der Waals surface area (Å²) in [6.45, 7) is 4.28. The van der Waals surface area contributed by atoms with Crippen LogP contribution in [-0.4, -0.2) is 23.9 Å². The lowest BCUT2D eigenvalue weighted by molar-refractivity contribution is 0.508. The van der Waals surface area contributed by atoms with Gasteiger partial charge < -0.3 is 4.57 Å². The van der Waals surface area contributed by atoms with Gasteiger partial charge in [0.05, 0.1) is 6.33 Å². The lowest BCUT2D eigenvalue weighted by atomic mass is 10.2. The topological polar surface area (TPSA) is 68.0 Å². The summed E-state index contributed by atoms with van der Waals surface area (Å²) in [5, 5.41) is 0. The SMILES string of the molecule is CCCC(C)n1cnc2c(=O)[nH]c3nccn3c21. The third kappa shape index (κ3) is 1.45. The van der Waals surface area contributed by atoms with Crippen molar-refractivity contribution in [2.45, 2.75) is 32.7 Å². The number of fused-ring (bicyclic) bond motifs is 3. The van der Waals surface area contributed by atoms with E-state index in [1.165, 1.54) is 0 Å². The smallest absolute Gasteiger partial charge is 0.280 e. The molecule has 0 aliphatic carbocycles. The highest BCUT2D eigenvalue weighted by Gasteiger charge is 2.14. The van der Waals surface area contributed by atoms with Gasteiger partial charge in [-0.2, -0.15) is 0 Å². The Hall–Kier alpha value is -2.11. The van der Waals surface area contributed by atoms with Gasteiger partial charge in [0, 0.05) is 18.4 Å². The van der Waals surface area contributed by atoms with Crippen LogP contribution >= 0.6 is 0 Å². The van der Waals surface area contributed by atoms with Gasteiger partial charge in [-0.15, -0.1) is 0 Å². The largest absolute Gasteiger partial charge is 0.313 e. The van der Waals surface area contributed by atoms with Crippen molar-refractivity contribution >= 4 is 16.9 Å². The lowest BCUT2D eigenvalue weighted by Gasteiger charge is -2.13. The summed E-state index contributed by atoms with van der Waals surface area (Å²) in [4.78, 5) is 23.0. The Labute approximate surface area is 103 Å². The first-order valence-electron chi connectivity index (χ1n) is 6.14. The van der Waals surface area contributed by atoms with Crippen LogP contribution in [0.3, 0.4) is 0 Å². The van der Waals surface area contributed by atoms with Crippen molar-refractivity contribution in [1.82, 2.24) is 23.9 Å². The minimum Gasteiger partial charge on any atom is -0.313 e. The van der Waals surface area contributed by atoms with Crippen LogP contribution in [0.25, 0.3) is 16.9 Å². The molecule has 18 heavy (non-hydrogen) atoms.